The summed E-state index contributed by atoms with van der Waals surface area (Å²) in [5.74, 6) is 0. The molecule has 0 aromatic heterocycles. The molecular weight excluding hydrogens is 256 g/mol. The van der Waals surface area contributed by atoms with Gasteiger partial charge >= 0.3 is 0 Å². The van der Waals surface area contributed by atoms with Crippen LogP contribution in [0.5, 0.6) is 0 Å². The van der Waals surface area contributed by atoms with Crippen molar-refractivity contribution < 1.29 is 21.1 Å². The standard InChI is InChI=1S/3C2H4.W/c3*1-2;/h3*1-2H2;. The van der Waals surface area contributed by atoms with Gasteiger partial charge in [-0.25, -0.2) is 0 Å². The molecule has 7 heavy (non-hydrogen) atoms. The van der Waals surface area contributed by atoms with Crippen molar-refractivity contribution in [3.05, 3.63) is 39.5 Å². The van der Waals surface area contributed by atoms with Crippen molar-refractivity contribution in [2.45, 2.75) is 0 Å². The molecule has 0 aliphatic rings. The summed E-state index contributed by atoms with van der Waals surface area (Å²) < 4.78 is 0. The predicted molar refractivity (Wildman–Crippen MR) is 33.8 cm³/mol. The van der Waals surface area contributed by atoms with E-state index in [0.717, 1.165) is 0 Å². The first-order valence-corrected chi connectivity index (χ1v) is 1.50. The van der Waals surface area contributed by atoms with E-state index >= 15 is 0 Å². The van der Waals surface area contributed by atoms with E-state index in [2.05, 4.69) is 39.5 Å². The van der Waals surface area contributed by atoms with Gasteiger partial charge < -0.3 is 0 Å². The van der Waals surface area contributed by atoms with E-state index in [9.17, 15) is 0 Å². The minimum absolute atomic E-state index is 0. The summed E-state index contributed by atoms with van der Waals surface area (Å²) in [6.07, 6.45) is 0. The fourth-order valence-corrected chi connectivity index (χ4v) is 0. The molecule has 0 N–H and O–H groups in total. The second kappa shape index (κ2) is 16900. The third-order valence-electron chi connectivity index (χ3n) is 0. The van der Waals surface area contributed by atoms with E-state index in [4.69, 9.17) is 0 Å². The molecule has 0 aliphatic heterocycles. The maximum absolute atomic E-state index is 3.00. The van der Waals surface area contributed by atoms with Crippen LogP contribution in [0.1, 0.15) is 0 Å². The summed E-state index contributed by atoms with van der Waals surface area (Å²) in [5.41, 5.74) is 0. The van der Waals surface area contributed by atoms with Gasteiger partial charge in [-0.1, -0.05) is 0 Å². The van der Waals surface area contributed by atoms with Crippen molar-refractivity contribution in [3.63, 3.8) is 0 Å². The Labute approximate surface area is 60.9 Å². The Morgan fingerprint density at radius 1 is 0.429 bits per heavy atom. The van der Waals surface area contributed by atoms with Crippen LogP contribution < -0.4 is 0 Å². The average Bonchev–Trinajstić information content (AvgIpc) is 1.81. The van der Waals surface area contributed by atoms with Crippen LogP contribution in [0.3, 0.4) is 0 Å². The van der Waals surface area contributed by atoms with Crippen LogP contribution in [0.4, 0.5) is 0 Å². The molecule has 0 aromatic carbocycles. The van der Waals surface area contributed by atoms with Gasteiger partial charge in [0.05, 0.1) is 0 Å². The molecule has 0 saturated heterocycles. The van der Waals surface area contributed by atoms with Crippen molar-refractivity contribution >= 4 is 0 Å². The van der Waals surface area contributed by atoms with Crippen LogP contribution in [0.15, 0.2) is 39.5 Å². The zero-order valence-electron chi connectivity index (χ0n) is 4.65. The van der Waals surface area contributed by atoms with Crippen LogP contribution in [0, 0.1) is 0 Å². The number of rotatable bonds is 0. The Morgan fingerprint density at radius 2 is 0.429 bits per heavy atom. The molecule has 0 radical (unpaired) electrons. The van der Waals surface area contributed by atoms with E-state index in [1.807, 2.05) is 0 Å². The normalized spacial score (nSPS) is 1.71. The molecule has 0 nitrogen and oxygen atoms in total. The predicted octanol–water partition coefficient (Wildman–Crippen LogP) is 2.40. The Balaban J connectivity index is -0.00000000900. The van der Waals surface area contributed by atoms with Gasteiger partial charge in [0.25, 0.3) is 0 Å². The molecule has 0 fully saturated rings. The summed E-state index contributed by atoms with van der Waals surface area (Å²) in [7, 11) is 0. The van der Waals surface area contributed by atoms with Gasteiger partial charge in [-0.05, 0) is 0 Å². The fourth-order valence-electron chi connectivity index (χ4n) is 0. The van der Waals surface area contributed by atoms with Crippen LogP contribution in [0.25, 0.3) is 0 Å². The van der Waals surface area contributed by atoms with Gasteiger partial charge in [0.15, 0.2) is 0 Å². The quantitative estimate of drug-likeness (QED) is 0.592. The minimum atomic E-state index is 0. The van der Waals surface area contributed by atoms with Gasteiger partial charge in [-0.2, -0.15) is 0 Å². The van der Waals surface area contributed by atoms with Crippen LogP contribution in [0.2, 0.25) is 0 Å². The van der Waals surface area contributed by atoms with Gasteiger partial charge in [0.2, 0.25) is 0 Å². The van der Waals surface area contributed by atoms with Crippen LogP contribution >= 0.6 is 0 Å². The Morgan fingerprint density at radius 3 is 0.429 bits per heavy atom. The molecule has 0 saturated carbocycles. The molecule has 1 heteroatoms. The van der Waals surface area contributed by atoms with Crippen molar-refractivity contribution in [1.82, 2.24) is 0 Å². The monoisotopic (exact) mass is 268 g/mol. The third kappa shape index (κ3) is 10700. The summed E-state index contributed by atoms with van der Waals surface area (Å²) in [6.45, 7) is 18.0. The smallest absolute Gasteiger partial charge is 0 e. The molecule has 0 amide bonds. The first-order valence-electron chi connectivity index (χ1n) is 1.50. The molecule has 0 spiro atoms. The maximum atomic E-state index is 3.00. The second-order valence-electron chi connectivity index (χ2n) is 0. The number of hydrogen-bond donors (Lipinski definition) is 0. The van der Waals surface area contributed by atoms with E-state index in [-0.39, 0.29) is 21.1 Å². The molecule has 0 aliphatic carbocycles. The molecule has 0 bridgehead atoms. The van der Waals surface area contributed by atoms with Gasteiger partial charge in [-0.15, -0.1) is 39.5 Å². The van der Waals surface area contributed by atoms with Crippen molar-refractivity contribution in [3.8, 4) is 0 Å². The largest absolute Gasteiger partial charge is 0.106 e. The molecule has 0 rings (SSSR count). The second-order valence-corrected chi connectivity index (χ2v) is 0. The Hall–Kier alpha value is -0.0917. The first kappa shape index (κ1) is 28.5. The average molecular weight is 268 g/mol. The van der Waals surface area contributed by atoms with Crippen LogP contribution in [-0.4, -0.2) is 0 Å². The molecule has 42 valence electrons. The molecule has 0 unspecified atom stereocenters. The van der Waals surface area contributed by atoms with E-state index in [1.54, 1.807) is 0 Å². The van der Waals surface area contributed by atoms with Crippen LogP contribution in [-0.2, 0) is 21.1 Å². The van der Waals surface area contributed by atoms with E-state index in [0.29, 0.717) is 0 Å². The van der Waals surface area contributed by atoms with Gasteiger partial charge in [0.1, 0.15) is 0 Å². The summed E-state index contributed by atoms with van der Waals surface area (Å²) >= 11 is 0. The van der Waals surface area contributed by atoms with E-state index in [1.165, 1.54) is 0 Å². The first-order chi connectivity index (χ1) is 3.00. The maximum Gasteiger partial charge on any atom is 0 e. The van der Waals surface area contributed by atoms with Crippen molar-refractivity contribution in [2.75, 3.05) is 0 Å². The van der Waals surface area contributed by atoms with Gasteiger partial charge in [-0.3, -0.25) is 0 Å². The fraction of sp³-hybridized carbons (Fsp3) is 0. The minimum Gasteiger partial charge on any atom is -0.106 e. The summed E-state index contributed by atoms with van der Waals surface area (Å²) in [4.78, 5) is 0. The van der Waals surface area contributed by atoms with Crippen molar-refractivity contribution in [2.24, 2.45) is 0 Å². The Kier molecular flexibility index (Phi) is 69000. The molecule has 0 atom stereocenters. The zero-order valence-corrected chi connectivity index (χ0v) is 7.58. The topological polar surface area (TPSA) is 0 Å². The molecule has 0 aromatic rings. The number of hydrogen-bond acceptors (Lipinski definition) is 0. The van der Waals surface area contributed by atoms with Crippen molar-refractivity contribution in [1.29, 1.82) is 0 Å². The summed E-state index contributed by atoms with van der Waals surface area (Å²) in [6, 6.07) is 0. The Bertz CT molecular complexity index is 8.90. The SMILES string of the molecule is C=C.C=C.C=C.[W]. The van der Waals surface area contributed by atoms with E-state index < -0.39 is 0 Å². The third-order valence-corrected chi connectivity index (χ3v) is 0. The zero-order chi connectivity index (χ0) is 6.00. The summed E-state index contributed by atoms with van der Waals surface area (Å²) in [5, 5.41) is 0. The molecular formula is C6H12W. The van der Waals surface area contributed by atoms with Gasteiger partial charge in [0, 0.05) is 21.1 Å². The molecule has 0 heterocycles.